The Balaban J connectivity index is 1.89. The van der Waals surface area contributed by atoms with Crippen LogP contribution in [0, 0.1) is 5.82 Å². The quantitative estimate of drug-likeness (QED) is 0.862. The van der Waals surface area contributed by atoms with Crippen LogP contribution in [-0.4, -0.2) is 59.0 Å². The van der Waals surface area contributed by atoms with Crippen molar-refractivity contribution in [1.82, 2.24) is 9.80 Å². The van der Waals surface area contributed by atoms with Gasteiger partial charge in [-0.1, -0.05) is 42.5 Å². The van der Waals surface area contributed by atoms with E-state index in [0.29, 0.717) is 12.1 Å². The van der Waals surface area contributed by atoms with Crippen LogP contribution in [0.2, 0.25) is 0 Å². The zero-order chi connectivity index (χ0) is 20.4. The van der Waals surface area contributed by atoms with E-state index in [4.69, 9.17) is 0 Å². The zero-order valence-electron chi connectivity index (χ0n) is 16.3. The van der Waals surface area contributed by atoms with Gasteiger partial charge in [0.15, 0.2) is 0 Å². The fourth-order valence-corrected chi connectivity index (χ4v) is 4.05. The maximum atomic E-state index is 14.0. The number of aliphatic hydroxyl groups is 1. The number of rotatable bonds is 5. The molecule has 0 saturated carbocycles. The minimum absolute atomic E-state index is 0.0791. The second-order valence-corrected chi connectivity index (χ2v) is 7.27. The first-order valence-electron chi connectivity index (χ1n) is 9.31. The van der Waals surface area contributed by atoms with Crippen molar-refractivity contribution in [2.24, 2.45) is 0 Å². The molecule has 0 aliphatic carbocycles. The third-order valence-corrected chi connectivity index (χ3v) is 5.57. The molecule has 3 rings (SSSR count). The Morgan fingerprint density at radius 3 is 2.25 bits per heavy atom. The number of benzene rings is 2. The van der Waals surface area contributed by atoms with Gasteiger partial charge in [0.25, 0.3) is 0 Å². The third kappa shape index (κ3) is 3.64. The molecule has 3 atom stereocenters. The van der Waals surface area contributed by atoms with Crippen molar-refractivity contribution in [3.63, 3.8) is 0 Å². The standard InChI is InChI=1S/C22H25FN2O3/c1-14(27)24(3)12-20-22(21(13-26)25(20)15(2)28)17-10-8-16(9-11-17)18-6-4-5-7-19(18)23/h4-11,20-22,26H,12-13H2,1-3H3/t20-,21-,22-/m1/s1. The molecule has 1 heterocycles. The molecular formula is C22H25FN2O3. The predicted octanol–water partition coefficient (Wildman–Crippen LogP) is 2.65. The number of halogens is 1. The van der Waals surface area contributed by atoms with Crippen LogP contribution in [0.5, 0.6) is 0 Å². The van der Waals surface area contributed by atoms with E-state index in [1.165, 1.54) is 19.9 Å². The highest BCUT2D eigenvalue weighted by Gasteiger charge is 2.50. The molecule has 1 N–H and O–H groups in total. The van der Waals surface area contributed by atoms with E-state index in [1.807, 2.05) is 24.3 Å². The predicted molar refractivity (Wildman–Crippen MR) is 105 cm³/mol. The number of hydrogen-bond acceptors (Lipinski definition) is 3. The van der Waals surface area contributed by atoms with Crippen molar-refractivity contribution in [1.29, 1.82) is 0 Å². The molecule has 28 heavy (non-hydrogen) atoms. The second kappa shape index (κ2) is 8.10. The van der Waals surface area contributed by atoms with Gasteiger partial charge < -0.3 is 14.9 Å². The van der Waals surface area contributed by atoms with Gasteiger partial charge in [-0.25, -0.2) is 4.39 Å². The minimum Gasteiger partial charge on any atom is -0.394 e. The Kier molecular flexibility index (Phi) is 5.79. The summed E-state index contributed by atoms with van der Waals surface area (Å²) in [6.45, 7) is 3.20. The van der Waals surface area contributed by atoms with Gasteiger partial charge in [-0.3, -0.25) is 9.59 Å². The fraction of sp³-hybridized carbons (Fsp3) is 0.364. The van der Waals surface area contributed by atoms with E-state index in [0.717, 1.165) is 11.1 Å². The first-order chi connectivity index (χ1) is 13.3. The summed E-state index contributed by atoms with van der Waals surface area (Å²) in [5, 5.41) is 9.84. The van der Waals surface area contributed by atoms with Gasteiger partial charge >= 0.3 is 0 Å². The number of likely N-dealkylation sites (N-methyl/N-ethyl adjacent to an activating group) is 1. The van der Waals surface area contributed by atoms with E-state index < -0.39 is 0 Å². The van der Waals surface area contributed by atoms with Crippen molar-refractivity contribution in [3.8, 4) is 11.1 Å². The Morgan fingerprint density at radius 2 is 1.71 bits per heavy atom. The van der Waals surface area contributed by atoms with Gasteiger partial charge in [-0.15, -0.1) is 0 Å². The van der Waals surface area contributed by atoms with E-state index in [1.54, 1.807) is 35.0 Å². The van der Waals surface area contributed by atoms with Crippen molar-refractivity contribution >= 4 is 11.8 Å². The van der Waals surface area contributed by atoms with Gasteiger partial charge in [0.1, 0.15) is 5.82 Å². The maximum Gasteiger partial charge on any atom is 0.220 e. The summed E-state index contributed by atoms with van der Waals surface area (Å²) < 4.78 is 14.0. The number of nitrogens with zero attached hydrogens (tertiary/aromatic N) is 2. The number of carbonyl (C=O) groups excluding carboxylic acids is 2. The SMILES string of the molecule is CC(=O)N(C)C[C@@H]1[C@@H](c2ccc(-c3ccccc3F)cc2)[C@@H](CO)N1C(C)=O. The highest BCUT2D eigenvalue weighted by Crippen LogP contribution is 2.41. The third-order valence-electron chi connectivity index (χ3n) is 5.57. The molecular weight excluding hydrogens is 359 g/mol. The van der Waals surface area contributed by atoms with Crippen molar-refractivity contribution in [3.05, 3.63) is 59.9 Å². The van der Waals surface area contributed by atoms with E-state index in [9.17, 15) is 19.1 Å². The lowest BCUT2D eigenvalue weighted by molar-refractivity contribution is -0.151. The lowest BCUT2D eigenvalue weighted by Gasteiger charge is -2.55. The van der Waals surface area contributed by atoms with Crippen LogP contribution in [0.1, 0.15) is 25.3 Å². The normalized spacial score (nSPS) is 21.2. The summed E-state index contributed by atoms with van der Waals surface area (Å²) in [5.74, 6) is -0.578. The maximum absolute atomic E-state index is 14.0. The highest BCUT2D eigenvalue weighted by atomic mass is 19.1. The van der Waals surface area contributed by atoms with Gasteiger partial charge in [0, 0.05) is 38.9 Å². The number of hydrogen-bond donors (Lipinski definition) is 1. The van der Waals surface area contributed by atoms with Crippen LogP contribution >= 0.6 is 0 Å². The Morgan fingerprint density at radius 1 is 1.07 bits per heavy atom. The first kappa shape index (κ1) is 20.0. The summed E-state index contributed by atoms with van der Waals surface area (Å²) >= 11 is 0. The monoisotopic (exact) mass is 384 g/mol. The molecule has 2 aromatic carbocycles. The van der Waals surface area contributed by atoms with Crippen LogP contribution in [0.3, 0.4) is 0 Å². The van der Waals surface area contributed by atoms with Crippen LogP contribution in [0.25, 0.3) is 11.1 Å². The lowest BCUT2D eigenvalue weighted by atomic mass is 9.74. The summed E-state index contributed by atoms with van der Waals surface area (Å²) in [5.41, 5.74) is 2.25. The molecule has 2 aromatic rings. The largest absolute Gasteiger partial charge is 0.394 e. The molecule has 0 aromatic heterocycles. The van der Waals surface area contributed by atoms with Gasteiger partial charge in [-0.2, -0.15) is 0 Å². The molecule has 1 saturated heterocycles. The Bertz CT molecular complexity index is 868. The molecule has 6 heteroatoms. The first-order valence-corrected chi connectivity index (χ1v) is 9.31. The molecule has 1 aliphatic heterocycles. The number of carbonyl (C=O) groups is 2. The number of aliphatic hydroxyl groups excluding tert-OH is 1. The molecule has 0 spiro atoms. The molecule has 0 unspecified atom stereocenters. The van der Waals surface area contributed by atoms with Crippen molar-refractivity contribution in [2.75, 3.05) is 20.2 Å². The summed E-state index contributed by atoms with van der Waals surface area (Å²) in [6.07, 6.45) is 0. The lowest BCUT2D eigenvalue weighted by Crippen LogP contribution is -2.68. The second-order valence-electron chi connectivity index (χ2n) is 7.27. The highest BCUT2D eigenvalue weighted by molar-refractivity contribution is 5.77. The van der Waals surface area contributed by atoms with E-state index >= 15 is 0 Å². The fourth-order valence-electron chi connectivity index (χ4n) is 4.05. The molecule has 5 nitrogen and oxygen atoms in total. The Hall–Kier alpha value is -2.73. The van der Waals surface area contributed by atoms with Gasteiger partial charge in [-0.05, 0) is 17.2 Å². The van der Waals surface area contributed by atoms with Crippen LogP contribution in [-0.2, 0) is 9.59 Å². The average molecular weight is 384 g/mol. The molecule has 148 valence electrons. The van der Waals surface area contributed by atoms with Gasteiger partial charge in [0.2, 0.25) is 11.8 Å². The van der Waals surface area contributed by atoms with Crippen molar-refractivity contribution < 1.29 is 19.1 Å². The van der Waals surface area contributed by atoms with Crippen molar-refractivity contribution in [2.45, 2.75) is 31.8 Å². The number of likely N-dealkylation sites (tertiary alicyclic amines) is 1. The number of amides is 2. The van der Waals surface area contributed by atoms with Crippen LogP contribution < -0.4 is 0 Å². The average Bonchev–Trinajstić information content (AvgIpc) is 2.65. The zero-order valence-corrected chi connectivity index (χ0v) is 16.3. The molecule has 0 radical (unpaired) electrons. The van der Waals surface area contributed by atoms with Crippen LogP contribution in [0.15, 0.2) is 48.5 Å². The topological polar surface area (TPSA) is 60.9 Å². The molecule has 1 fully saturated rings. The molecule has 1 aliphatic rings. The summed E-state index contributed by atoms with van der Waals surface area (Å²) in [7, 11) is 1.70. The van der Waals surface area contributed by atoms with Gasteiger partial charge in [0.05, 0.1) is 18.7 Å². The smallest absolute Gasteiger partial charge is 0.220 e. The Labute approximate surface area is 164 Å². The molecule has 2 amide bonds. The van der Waals surface area contributed by atoms with E-state index in [2.05, 4.69) is 0 Å². The summed E-state index contributed by atoms with van der Waals surface area (Å²) in [6, 6.07) is 13.6. The summed E-state index contributed by atoms with van der Waals surface area (Å²) in [4.78, 5) is 27.0. The minimum atomic E-state index is -0.331. The molecule has 0 bridgehead atoms. The van der Waals surface area contributed by atoms with E-state index in [-0.39, 0.29) is 42.2 Å². The van der Waals surface area contributed by atoms with Crippen LogP contribution in [0.4, 0.5) is 4.39 Å².